The van der Waals surface area contributed by atoms with Gasteiger partial charge in [-0.1, -0.05) is 17.3 Å². The number of azide groups is 1. The van der Waals surface area contributed by atoms with Crippen LogP contribution in [0.1, 0.15) is 5.56 Å². The second-order valence-corrected chi connectivity index (χ2v) is 2.74. The minimum Gasteiger partial charge on any atom is -0.508 e. The molecular formula is C10H11N3O2. The molecule has 0 radical (unpaired) electrons. The lowest BCUT2D eigenvalue weighted by Crippen LogP contribution is -1.86. The van der Waals surface area contributed by atoms with E-state index in [0.29, 0.717) is 5.75 Å². The zero-order valence-corrected chi connectivity index (χ0v) is 8.29. The number of hydrogen-bond donors (Lipinski definition) is 1. The lowest BCUT2D eigenvalue weighted by Gasteiger charge is -2.04. The predicted molar refractivity (Wildman–Crippen MR) is 57.7 cm³/mol. The molecule has 0 fully saturated rings. The van der Waals surface area contributed by atoms with Crippen LogP contribution in [-0.4, -0.2) is 18.8 Å². The summed E-state index contributed by atoms with van der Waals surface area (Å²) in [4.78, 5) is 2.62. The van der Waals surface area contributed by atoms with Crippen molar-refractivity contribution >= 4 is 6.08 Å². The smallest absolute Gasteiger partial charge is 0.126 e. The van der Waals surface area contributed by atoms with Crippen LogP contribution in [0.15, 0.2) is 29.4 Å². The predicted octanol–water partition coefficient (Wildman–Crippen LogP) is 2.72. The van der Waals surface area contributed by atoms with Gasteiger partial charge in [0.05, 0.1) is 7.11 Å². The Bertz CT molecular complexity index is 409. The molecule has 0 saturated carbocycles. The third kappa shape index (κ3) is 3.25. The molecular weight excluding hydrogens is 194 g/mol. The molecule has 1 aromatic rings. The number of hydrogen-bond acceptors (Lipinski definition) is 3. The van der Waals surface area contributed by atoms with Crippen LogP contribution in [0, 0.1) is 0 Å². The second-order valence-electron chi connectivity index (χ2n) is 2.74. The minimum absolute atomic E-state index is 0.166. The lowest BCUT2D eigenvalue weighted by atomic mass is 10.2. The number of methoxy groups -OCH3 is 1. The Morgan fingerprint density at radius 3 is 3.07 bits per heavy atom. The van der Waals surface area contributed by atoms with Gasteiger partial charge in [0.25, 0.3) is 0 Å². The van der Waals surface area contributed by atoms with Gasteiger partial charge in [0.1, 0.15) is 11.5 Å². The number of phenols is 1. The zero-order chi connectivity index (χ0) is 11.1. The first-order valence-electron chi connectivity index (χ1n) is 4.32. The number of ether oxygens (including phenoxy) is 1. The summed E-state index contributed by atoms with van der Waals surface area (Å²) in [7, 11) is 1.55. The molecule has 5 nitrogen and oxygen atoms in total. The number of rotatable bonds is 4. The van der Waals surface area contributed by atoms with Crippen molar-refractivity contribution in [3.8, 4) is 11.5 Å². The molecule has 0 aliphatic carbocycles. The molecule has 0 aliphatic rings. The molecule has 0 saturated heterocycles. The zero-order valence-electron chi connectivity index (χ0n) is 8.29. The van der Waals surface area contributed by atoms with Crippen LogP contribution in [0.2, 0.25) is 0 Å². The van der Waals surface area contributed by atoms with E-state index in [0.717, 1.165) is 5.56 Å². The van der Waals surface area contributed by atoms with E-state index < -0.39 is 0 Å². The van der Waals surface area contributed by atoms with Crippen LogP contribution in [0.5, 0.6) is 11.5 Å². The van der Waals surface area contributed by atoms with Crippen LogP contribution in [0.4, 0.5) is 0 Å². The fourth-order valence-corrected chi connectivity index (χ4v) is 1.12. The lowest BCUT2D eigenvalue weighted by molar-refractivity contribution is 0.411. The first-order chi connectivity index (χ1) is 7.27. The highest BCUT2D eigenvalue weighted by molar-refractivity contribution is 5.59. The van der Waals surface area contributed by atoms with Crippen molar-refractivity contribution in [2.24, 2.45) is 5.11 Å². The topological polar surface area (TPSA) is 78.2 Å². The average molecular weight is 205 g/mol. The summed E-state index contributed by atoms with van der Waals surface area (Å²) in [6, 6.07) is 4.79. The van der Waals surface area contributed by atoms with Crippen LogP contribution in [0.25, 0.3) is 16.5 Å². The van der Waals surface area contributed by atoms with Crippen molar-refractivity contribution in [2.75, 3.05) is 13.7 Å². The van der Waals surface area contributed by atoms with Gasteiger partial charge in [-0.25, -0.2) is 0 Å². The van der Waals surface area contributed by atoms with E-state index in [1.54, 1.807) is 37.5 Å². The third-order valence-corrected chi connectivity index (χ3v) is 1.76. The molecule has 0 amide bonds. The SMILES string of the molecule is COc1ccc(O)cc1C=CCN=[N+]=[N-]. The summed E-state index contributed by atoms with van der Waals surface area (Å²) < 4.78 is 5.09. The summed E-state index contributed by atoms with van der Waals surface area (Å²) in [5.41, 5.74) is 8.81. The fourth-order valence-electron chi connectivity index (χ4n) is 1.12. The molecule has 15 heavy (non-hydrogen) atoms. The number of benzene rings is 1. The molecule has 0 aliphatic heterocycles. The Kier molecular flexibility index (Phi) is 4.06. The summed E-state index contributed by atoms with van der Waals surface area (Å²) in [6.07, 6.45) is 3.42. The molecule has 0 bridgehead atoms. The average Bonchev–Trinajstić information content (AvgIpc) is 2.25. The molecule has 1 N–H and O–H groups in total. The van der Waals surface area contributed by atoms with Gasteiger partial charge in [-0.2, -0.15) is 0 Å². The first kappa shape index (κ1) is 10.9. The molecule has 78 valence electrons. The van der Waals surface area contributed by atoms with E-state index in [9.17, 15) is 5.11 Å². The number of nitrogens with zero attached hydrogens (tertiary/aromatic N) is 3. The minimum atomic E-state index is 0.166. The van der Waals surface area contributed by atoms with Crippen LogP contribution < -0.4 is 4.74 Å². The second kappa shape index (κ2) is 5.57. The molecule has 1 aromatic carbocycles. The van der Waals surface area contributed by atoms with Crippen molar-refractivity contribution in [1.29, 1.82) is 0 Å². The van der Waals surface area contributed by atoms with Crippen molar-refractivity contribution in [3.05, 3.63) is 40.3 Å². The van der Waals surface area contributed by atoms with Gasteiger partial charge in [0, 0.05) is 17.0 Å². The molecule has 0 aromatic heterocycles. The van der Waals surface area contributed by atoms with Crippen molar-refractivity contribution < 1.29 is 9.84 Å². The van der Waals surface area contributed by atoms with Gasteiger partial charge in [-0.05, 0) is 23.7 Å². The quantitative estimate of drug-likeness (QED) is 0.466. The van der Waals surface area contributed by atoms with Crippen molar-refractivity contribution in [3.63, 3.8) is 0 Å². The molecule has 1 rings (SSSR count). The third-order valence-electron chi connectivity index (χ3n) is 1.76. The van der Waals surface area contributed by atoms with E-state index in [-0.39, 0.29) is 12.3 Å². The van der Waals surface area contributed by atoms with Crippen LogP contribution in [-0.2, 0) is 0 Å². The van der Waals surface area contributed by atoms with Crippen LogP contribution >= 0.6 is 0 Å². The number of aromatic hydroxyl groups is 1. The fraction of sp³-hybridized carbons (Fsp3) is 0.200. The molecule has 0 unspecified atom stereocenters. The Labute approximate surface area is 87.2 Å². The van der Waals surface area contributed by atoms with E-state index in [1.165, 1.54) is 0 Å². The van der Waals surface area contributed by atoms with Crippen molar-refractivity contribution in [1.82, 2.24) is 0 Å². The van der Waals surface area contributed by atoms with Gasteiger partial charge < -0.3 is 9.84 Å². The molecule has 0 heterocycles. The van der Waals surface area contributed by atoms with E-state index in [1.807, 2.05) is 0 Å². The highest BCUT2D eigenvalue weighted by Crippen LogP contribution is 2.24. The van der Waals surface area contributed by atoms with Gasteiger partial charge in [-0.15, -0.1) is 0 Å². The Morgan fingerprint density at radius 1 is 1.60 bits per heavy atom. The monoisotopic (exact) mass is 205 g/mol. The number of phenolic OH excluding ortho intramolecular Hbond substituents is 1. The largest absolute Gasteiger partial charge is 0.508 e. The maximum absolute atomic E-state index is 9.26. The maximum Gasteiger partial charge on any atom is 0.126 e. The van der Waals surface area contributed by atoms with E-state index in [4.69, 9.17) is 10.3 Å². The molecule has 0 atom stereocenters. The summed E-state index contributed by atoms with van der Waals surface area (Å²) in [5, 5.41) is 12.6. The highest BCUT2D eigenvalue weighted by Gasteiger charge is 1.99. The van der Waals surface area contributed by atoms with E-state index >= 15 is 0 Å². The van der Waals surface area contributed by atoms with Gasteiger partial charge in [0.15, 0.2) is 0 Å². The van der Waals surface area contributed by atoms with Crippen molar-refractivity contribution in [2.45, 2.75) is 0 Å². The summed E-state index contributed by atoms with van der Waals surface area (Å²) >= 11 is 0. The molecule has 5 heteroatoms. The maximum atomic E-state index is 9.26. The summed E-state index contributed by atoms with van der Waals surface area (Å²) in [5.74, 6) is 0.823. The van der Waals surface area contributed by atoms with Crippen LogP contribution in [0.3, 0.4) is 0 Å². The first-order valence-corrected chi connectivity index (χ1v) is 4.32. The van der Waals surface area contributed by atoms with Gasteiger partial charge in [0.2, 0.25) is 0 Å². The standard InChI is InChI=1S/C10H11N3O2/c1-15-10-5-4-9(14)7-8(10)3-2-6-12-13-11/h2-5,7,14H,6H2,1H3. The Balaban J connectivity index is 2.86. The summed E-state index contributed by atoms with van der Waals surface area (Å²) in [6.45, 7) is 0.273. The van der Waals surface area contributed by atoms with E-state index in [2.05, 4.69) is 10.0 Å². The Morgan fingerprint density at radius 2 is 2.40 bits per heavy atom. The Hall–Kier alpha value is -2.13. The molecule has 0 spiro atoms. The van der Waals surface area contributed by atoms with Gasteiger partial charge >= 0.3 is 0 Å². The van der Waals surface area contributed by atoms with Gasteiger partial charge in [-0.3, -0.25) is 0 Å². The highest BCUT2D eigenvalue weighted by atomic mass is 16.5. The normalized spacial score (nSPS) is 9.93.